The third kappa shape index (κ3) is 10.5. The van der Waals surface area contributed by atoms with Crippen LogP contribution < -0.4 is 20.7 Å². The van der Waals surface area contributed by atoms with Crippen molar-refractivity contribution >= 4 is 36.0 Å². The third-order valence-corrected chi connectivity index (χ3v) is 3.80. The zero-order valence-corrected chi connectivity index (χ0v) is 21.0. The monoisotopic (exact) mass is 521 g/mol. The number of hydrogen-bond donors (Lipinski definition) is 3. The summed E-state index contributed by atoms with van der Waals surface area (Å²) < 4.78 is 10.7. The molecule has 0 unspecified atom stereocenters. The van der Waals surface area contributed by atoms with Crippen molar-refractivity contribution in [3.8, 4) is 5.75 Å². The molecule has 1 heterocycles. The molecule has 0 atom stereocenters. The standard InChI is InChI=1S/C20H35N5O3.HI/c1-8-21-18(22-10-9-11-23-19(26)28-20(4,5)6)25-13-16-15(3)17(27-7)14(2)12-24-16;/h12H,8-11,13H2,1-7H3,(H,23,26)(H2,21,22,25);1H. The highest BCUT2D eigenvalue weighted by molar-refractivity contribution is 14.0. The number of aromatic nitrogens is 1. The van der Waals surface area contributed by atoms with Gasteiger partial charge in [0.1, 0.15) is 11.4 Å². The lowest BCUT2D eigenvalue weighted by Crippen LogP contribution is -2.39. The Morgan fingerprint density at radius 2 is 1.83 bits per heavy atom. The van der Waals surface area contributed by atoms with Gasteiger partial charge in [-0.05, 0) is 48.0 Å². The van der Waals surface area contributed by atoms with Gasteiger partial charge < -0.3 is 25.4 Å². The second-order valence-corrected chi connectivity index (χ2v) is 7.45. The largest absolute Gasteiger partial charge is 0.496 e. The molecule has 0 bridgehead atoms. The number of ether oxygens (including phenoxy) is 2. The van der Waals surface area contributed by atoms with E-state index < -0.39 is 11.7 Å². The summed E-state index contributed by atoms with van der Waals surface area (Å²) in [5.74, 6) is 1.56. The summed E-state index contributed by atoms with van der Waals surface area (Å²) in [6.07, 6.45) is 2.15. The van der Waals surface area contributed by atoms with Gasteiger partial charge in [0.2, 0.25) is 0 Å². The molecule has 3 N–H and O–H groups in total. The molecule has 9 heteroatoms. The molecule has 29 heavy (non-hydrogen) atoms. The summed E-state index contributed by atoms with van der Waals surface area (Å²) in [4.78, 5) is 20.7. The Bertz CT molecular complexity index is 675. The Labute approximate surface area is 191 Å². The Balaban J connectivity index is 0.00000784. The van der Waals surface area contributed by atoms with E-state index in [0.717, 1.165) is 35.5 Å². The molecule has 0 aromatic carbocycles. The number of hydrogen-bond acceptors (Lipinski definition) is 5. The van der Waals surface area contributed by atoms with Gasteiger partial charge >= 0.3 is 6.09 Å². The first kappa shape index (κ1) is 27.2. The molecule has 0 fully saturated rings. The first-order chi connectivity index (χ1) is 13.2. The molecule has 1 amide bonds. The minimum Gasteiger partial charge on any atom is -0.496 e. The van der Waals surface area contributed by atoms with E-state index in [1.807, 2.05) is 41.5 Å². The van der Waals surface area contributed by atoms with E-state index >= 15 is 0 Å². The quantitative estimate of drug-likeness (QED) is 0.210. The van der Waals surface area contributed by atoms with Gasteiger partial charge in [-0.25, -0.2) is 9.79 Å². The van der Waals surface area contributed by atoms with Crippen LogP contribution in [0.3, 0.4) is 0 Å². The molecule has 1 rings (SSSR count). The summed E-state index contributed by atoms with van der Waals surface area (Å²) >= 11 is 0. The van der Waals surface area contributed by atoms with Crippen molar-refractivity contribution in [2.45, 2.75) is 60.1 Å². The minimum absolute atomic E-state index is 0. The number of aryl methyl sites for hydroxylation is 1. The normalized spacial score (nSPS) is 11.3. The molecular formula is C20H36IN5O3. The number of nitrogens with one attached hydrogen (secondary N) is 3. The number of guanidine groups is 1. The van der Waals surface area contributed by atoms with Gasteiger partial charge in [-0.2, -0.15) is 0 Å². The number of rotatable bonds is 8. The number of pyridine rings is 1. The van der Waals surface area contributed by atoms with E-state index in [1.165, 1.54) is 0 Å². The number of carbonyl (C=O) groups excluding carboxylic acids is 1. The summed E-state index contributed by atoms with van der Waals surface area (Å²) in [6, 6.07) is 0. The molecule has 166 valence electrons. The molecule has 0 saturated carbocycles. The summed E-state index contributed by atoms with van der Waals surface area (Å²) in [7, 11) is 1.67. The van der Waals surface area contributed by atoms with Crippen LogP contribution in [0.2, 0.25) is 0 Å². The smallest absolute Gasteiger partial charge is 0.407 e. The zero-order valence-electron chi connectivity index (χ0n) is 18.6. The zero-order chi connectivity index (χ0) is 21.2. The van der Waals surface area contributed by atoms with Crippen molar-refractivity contribution < 1.29 is 14.3 Å². The Morgan fingerprint density at radius 3 is 2.41 bits per heavy atom. The van der Waals surface area contributed by atoms with Crippen molar-refractivity contribution in [3.63, 3.8) is 0 Å². The van der Waals surface area contributed by atoms with Crippen molar-refractivity contribution in [1.29, 1.82) is 0 Å². The molecule has 8 nitrogen and oxygen atoms in total. The maximum Gasteiger partial charge on any atom is 0.407 e. The summed E-state index contributed by atoms with van der Waals surface area (Å²) in [5.41, 5.74) is 2.41. The van der Waals surface area contributed by atoms with Crippen molar-refractivity contribution in [2.24, 2.45) is 4.99 Å². The van der Waals surface area contributed by atoms with Crippen LogP contribution in [0.5, 0.6) is 5.75 Å². The van der Waals surface area contributed by atoms with E-state index in [9.17, 15) is 4.79 Å². The predicted molar refractivity (Wildman–Crippen MR) is 127 cm³/mol. The summed E-state index contributed by atoms with van der Waals surface area (Å²) in [5, 5.41) is 9.21. The maximum atomic E-state index is 11.6. The number of aliphatic imine (C=N–C) groups is 1. The lowest BCUT2D eigenvalue weighted by molar-refractivity contribution is 0.0527. The van der Waals surface area contributed by atoms with Gasteiger partial charge in [0.05, 0.1) is 19.3 Å². The van der Waals surface area contributed by atoms with E-state index in [-0.39, 0.29) is 24.0 Å². The highest BCUT2D eigenvalue weighted by atomic mass is 127. The Morgan fingerprint density at radius 1 is 1.17 bits per heavy atom. The molecule has 1 aromatic heterocycles. The molecule has 0 saturated heterocycles. The highest BCUT2D eigenvalue weighted by Crippen LogP contribution is 2.24. The van der Waals surface area contributed by atoms with Crippen LogP contribution in [0.4, 0.5) is 4.79 Å². The number of halogens is 1. The molecule has 0 spiro atoms. The topological polar surface area (TPSA) is 96.9 Å². The van der Waals surface area contributed by atoms with Crippen molar-refractivity contribution in [1.82, 2.24) is 20.9 Å². The second-order valence-electron chi connectivity index (χ2n) is 7.45. The first-order valence-corrected chi connectivity index (χ1v) is 9.66. The molecule has 0 aliphatic carbocycles. The van der Waals surface area contributed by atoms with Crippen LogP contribution in [0.25, 0.3) is 0 Å². The van der Waals surface area contributed by atoms with Crippen LogP contribution in [0.1, 0.15) is 50.9 Å². The fraction of sp³-hybridized carbons (Fsp3) is 0.650. The van der Waals surface area contributed by atoms with Gasteiger partial charge in [0.15, 0.2) is 5.96 Å². The fourth-order valence-electron chi connectivity index (χ4n) is 2.53. The molecule has 0 aliphatic heterocycles. The van der Waals surface area contributed by atoms with Crippen LogP contribution in [0.15, 0.2) is 11.2 Å². The number of methoxy groups -OCH3 is 1. The number of alkyl carbamates (subject to hydrolysis) is 1. The van der Waals surface area contributed by atoms with Crippen LogP contribution >= 0.6 is 24.0 Å². The van der Waals surface area contributed by atoms with Crippen molar-refractivity contribution in [2.75, 3.05) is 26.7 Å². The molecular weight excluding hydrogens is 485 g/mol. The lowest BCUT2D eigenvalue weighted by atomic mass is 10.1. The molecule has 0 radical (unpaired) electrons. The Kier molecular flexibility index (Phi) is 12.6. The average molecular weight is 521 g/mol. The summed E-state index contributed by atoms with van der Waals surface area (Å²) in [6.45, 7) is 13.9. The first-order valence-electron chi connectivity index (χ1n) is 9.66. The van der Waals surface area contributed by atoms with Gasteiger partial charge in [-0.15, -0.1) is 24.0 Å². The number of amides is 1. The van der Waals surface area contributed by atoms with E-state index in [4.69, 9.17) is 9.47 Å². The lowest BCUT2D eigenvalue weighted by Gasteiger charge is -2.19. The number of carbonyl (C=O) groups is 1. The van der Waals surface area contributed by atoms with Gasteiger partial charge in [0.25, 0.3) is 0 Å². The highest BCUT2D eigenvalue weighted by Gasteiger charge is 2.15. The fourth-order valence-corrected chi connectivity index (χ4v) is 2.53. The van der Waals surface area contributed by atoms with E-state index in [2.05, 4.69) is 25.9 Å². The average Bonchev–Trinajstić information content (AvgIpc) is 2.59. The number of nitrogens with zero attached hydrogens (tertiary/aromatic N) is 2. The van der Waals surface area contributed by atoms with Gasteiger partial charge in [-0.1, -0.05) is 0 Å². The van der Waals surface area contributed by atoms with E-state index in [1.54, 1.807) is 13.3 Å². The van der Waals surface area contributed by atoms with Crippen LogP contribution in [-0.4, -0.2) is 49.4 Å². The SMILES string of the molecule is CCNC(=NCc1ncc(C)c(OC)c1C)NCCCNC(=O)OC(C)(C)C.I. The maximum absolute atomic E-state index is 11.6. The van der Waals surface area contributed by atoms with Crippen LogP contribution in [-0.2, 0) is 11.3 Å². The second kappa shape index (κ2) is 13.4. The minimum atomic E-state index is -0.488. The van der Waals surface area contributed by atoms with Crippen LogP contribution in [0, 0.1) is 13.8 Å². The van der Waals surface area contributed by atoms with Gasteiger partial charge in [0, 0.05) is 37.0 Å². The van der Waals surface area contributed by atoms with E-state index in [0.29, 0.717) is 25.6 Å². The van der Waals surface area contributed by atoms with Crippen molar-refractivity contribution in [3.05, 3.63) is 23.0 Å². The molecule has 1 aromatic rings. The van der Waals surface area contributed by atoms with Gasteiger partial charge in [-0.3, -0.25) is 4.98 Å². The Hall–Kier alpha value is -1.78. The predicted octanol–water partition coefficient (Wildman–Crippen LogP) is 3.29. The third-order valence-electron chi connectivity index (χ3n) is 3.80. The molecule has 0 aliphatic rings.